The van der Waals surface area contributed by atoms with Crippen molar-refractivity contribution < 1.29 is 19.1 Å². The molecule has 5 heteroatoms. The third kappa shape index (κ3) is 6.55. The summed E-state index contributed by atoms with van der Waals surface area (Å²) in [6, 6.07) is 6.98. The van der Waals surface area contributed by atoms with Crippen LogP contribution in [-0.4, -0.2) is 42.6 Å². The van der Waals surface area contributed by atoms with Gasteiger partial charge in [0.1, 0.15) is 5.75 Å². The highest BCUT2D eigenvalue weighted by molar-refractivity contribution is 5.94. The predicted molar refractivity (Wildman–Crippen MR) is 89.6 cm³/mol. The third-order valence-corrected chi connectivity index (χ3v) is 3.00. The van der Waals surface area contributed by atoms with Crippen molar-refractivity contribution in [1.29, 1.82) is 0 Å². The van der Waals surface area contributed by atoms with Crippen molar-refractivity contribution in [2.24, 2.45) is 0 Å². The standard InChI is InChI=1S/C18H25NO4/c1-5-12-19(13-11-17(20)22-6-2)18(21)15-7-9-16(10-8-15)23-14(3)4/h5,7-10,14H,1,6,11-13H2,2-4H3. The molecule has 0 fully saturated rings. The summed E-state index contributed by atoms with van der Waals surface area (Å²) in [5.41, 5.74) is 0.548. The van der Waals surface area contributed by atoms with Gasteiger partial charge in [-0.3, -0.25) is 9.59 Å². The van der Waals surface area contributed by atoms with Crippen molar-refractivity contribution in [2.45, 2.75) is 33.3 Å². The van der Waals surface area contributed by atoms with Crippen LogP contribution >= 0.6 is 0 Å². The highest BCUT2D eigenvalue weighted by Gasteiger charge is 2.16. The van der Waals surface area contributed by atoms with E-state index in [-0.39, 0.29) is 24.4 Å². The van der Waals surface area contributed by atoms with E-state index in [9.17, 15) is 9.59 Å². The van der Waals surface area contributed by atoms with Crippen molar-refractivity contribution in [3.63, 3.8) is 0 Å². The number of hydrogen-bond donors (Lipinski definition) is 0. The van der Waals surface area contributed by atoms with Crippen LogP contribution in [0.4, 0.5) is 0 Å². The lowest BCUT2D eigenvalue weighted by Crippen LogP contribution is -2.33. The first-order valence-electron chi connectivity index (χ1n) is 7.80. The Labute approximate surface area is 137 Å². The Kier molecular flexibility index (Phi) is 7.88. The monoisotopic (exact) mass is 319 g/mol. The molecule has 1 rings (SSSR count). The largest absolute Gasteiger partial charge is 0.491 e. The van der Waals surface area contributed by atoms with E-state index in [1.807, 2.05) is 13.8 Å². The minimum atomic E-state index is -0.310. The molecule has 0 saturated heterocycles. The van der Waals surface area contributed by atoms with Crippen LogP contribution in [0.15, 0.2) is 36.9 Å². The number of amides is 1. The van der Waals surface area contributed by atoms with Gasteiger partial charge < -0.3 is 14.4 Å². The normalized spacial score (nSPS) is 10.3. The molecule has 0 aliphatic rings. The molecule has 0 aliphatic carbocycles. The summed E-state index contributed by atoms with van der Waals surface area (Å²) in [6.45, 7) is 10.3. The SMILES string of the molecule is C=CCN(CCC(=O)OCC)C(=O)c1ccc(OC(C)C)cc1. The van der Waals surface area contributed by atoms with Gasteiger partial charge in [-0.2, -0.15) is 0 Å². The zero-order valence-electron chi connectivity index (χ0n) is 14.1. The van der Waals surface area contributed by atoms with Gasteiger partial charge in [-0.25, -0.2) is 0 Å². The van der Waals surface area contributed by atoms with Gasteiger partial charge >= 0.3 is 5.97 Å². The van der Waals surface area contributed by atoms with Crippen molar-refractivity contribution in [3.8, 4) is 5.75 Å². The summed E-state index contributed by atoms with van der Waals surface area (Å²) in [6.07, 6.45) is 1.89. The number of carbonyl (C=O) groups excluding carboxylic acids is 2. The maximum absolute atomic E-state index is 12.5. The molecule has 1 amide bonds. The third-order valence-electron chi connectivity index (χ3n) is 3.00. The van der Waals surface area contributed by atoms with Gasteiger partial charge in [0.25, 0.3) is 5.91 Å². The lowest BCUT2D eigenvalue weighted by Gasteiger charge is -2.21. The maximum Gasteiger partial charge on any atom is 0.307 e. The number of ether oxygens (including phenoxy) is 2. The molecule has 1 aromatic rings. The molecular formula is C18H25NO4. The molecule has 0 saturated carbocycles. The molecule has 1 aromatic carbocycles. The van der Waals surface area contributed by atoms with E-state index in [0.29, 0.717) is 25.3 Å². The molecule has 126 valence electrons. The number of hydrogen-bond acceptors (Lipinski definition) is 4. The quantitative estimate of drug-likeness (QED) is 0.518. The first kappa shape index (κ1) is 18.7. The Morgan fingerprint density at radius 2 is 1.91 bits per heavy atom. The van der Waals surface area contributed by atoms with Gasteiger partial charge in [-0.15, -0.1) is 6.58 Å². The fraction of sp³-hybridized carbons (Fsp3) is 0.444. The van der Waals surface area contributed by atoms with Crippen molar-refractivity contribution >= 4 is 11.9 Å². The van der Waals surface area contributed by atoms with Crippen LogP contribution < -0.4 is 4.74 Å². The molecule has 0 radical (unpaired) electrons. The second-order valence-electron chi connectivity index (χ2n) is 5.29. The average molecular weight is 319 g/mol. The Balaban J connectivity index is 2.72. The lowest BCUT2D eigenvalue weighted by atomic mass is 10.2. The Morgan fingerprint density at radius 1 is 1.26 bits per heavy atom. The molecule has 23 heavy (non-hydrogen) atoms. The molecular weight excluding hydrogens is 294 g/mol. The first-order chi connectivity index (χ1) is 11.0. The maximum atomic E-state index is 12.5. The van der Waals surface area contributed by atoms with E-state index in [0.717, 1.165) is 5.75 Å². The Bertz CT molecular complexity index is 522. The van der Waals surface area contributed by atoms with E-state index in [4.69, 9.17) is 9.47 Å². The summed E-state index contributed by atoms with van der Waals surface area (Å²) in [7, 11) is 0. The summed E-state index contributed by atoms with van der Waals surface area (Å²) < 4.78 is 10.4. The van der Waals surface area contributed by atoms with Crippen LogP contribution in [0.2, 0.25) is 0 Å². The van der Waals surface area contributed by atoms with Crippen LogP contribution in [0.3, 0.4) is 0 Å². The van der Waals surface area contributed by atoms with E-state index < -0.39 is 0 Å². The fourth-order valence-corrected chi connectivity index (χ4v) is 2.02. The van der Waals surface area contributed by atoms with Gasteiger partial charge in [0.05, 0.1) is 19.1 Å². The minimum Gasteiger partial charge on any atom is -0.491 e. The van der Waals surface area contributed by atoms with Crippen molar-refractivity contribution in [2.75, 3.05) is 19.7 Å². The van der Waals surface area contributed by atoms with Crippen LogP contribution in [0.1, 0.15) is 37.6 Å². The second-order valence-corrected chi connectivity index (χ2v) is 5.29. The van der Waals surface area contributed by atoms with Gasteiger partial charge in [0.2, 0.25) is 0 Å². The fourth-order valence-electron chi connectivity index (χ4n) is 2.02. The van der Waals surface area contributed by atoms with Crippen molar-refractivity contribution in [3.05, 3.63) is 42.5 Å². The van der Waals surface area contributed by atoms with Crippen LogP contribution in [0, 0.1) is 0 Å². The van der Waals surface area contributed by atoms with Gasteiger partial charge in [0, 0.05) is 18.7 Å². The number of carbonyl (C=O) groups is 2. The van der Waals surface area contributed by atoms with Gasteiger partial charge in [-0.1, -0.05) is 6.08 Å². The van der Waals surface area contributed by atoms with Crippen LogP contribution in [0.5, 0.6) is 5.75 Å². The predicted octanol–water partition coefficient (Wildman–Crippen LogP) is 3.06. The smallest absolute Gasteiger partial charge is 0.307 e. The van der Waals surface area contributed by atoms with E-state index in [1.54, 1.807) is 42.2 Å². The Morgan fingerprint density at radius 3 is 2.43 bits per heavy atom. The van der Waals surface area contributed by atoms with Crippen LogP contribution in [-0.2, 0) is 9.53 Å². The van der Waals surface area contributed by atoms with E-state index >= 15 is 0 Å². The topological polar surface area (TPSA) is 55.8 Å². The first-order valence-corrected chi connectivity index (χ1v) is 7.80. The molecule has 0 heterocycles. The zero-order valence-corrected chi connectivity index (χ0v) is 14.1. The van der Waals surface area contributed by atoms with Crippen molar-refractivity contribution in [1.82, 2.24) is 4.90 Å². The second kappa shape index (κ2) is 9.66. The highest BCUT2D eigenvalue weighted by atomic mass is 16.5. The number of nitrogens with zero attached hydrogens (tertiary/aromatic N) is 1. The summed E-state index contributed by atoms with van der Waals surface area (Å²) in [4.78, 5) is 25.6. The number of benzene rings is 1. The van der Waals surface area contributed by atoms with Crippen LogP contribution in [0.25, 0.3) is 0 Å². The number of rotatable bonds is 9. The highest BCUT2D eigenvalue weighted by Crippen LogP contribution is 2.15. The Hall–Kier alpha value is -2.30. The lowest BCUT2D eigenvalue weighted by molar-refractivity contribution is -0.143. The molecule has 0 spiro atoms. The van der Waals surface area contributed by atoms with Gasteiger partial charge in [-0.05, 0) is 45.0 Å². The summed E-state index contributed by atoms with van der Waals surface area (Å²) >= 11 is 0. The van der Waals surface area contributed by atoms with E-state index in [2.05, 4.69) is 6.58 Å². The zero-order chi connectivity index (χ0) is 17.2. The molecule has 0 unspecified atom stereocenters. The van der Waals surface area contributed by atoms with E-state index in [1.165, 1.54) is 0 Å². The average Bonchev–Trinajstić information content (AvgIpc) is 2.51. The minimum absolute atomic E-state index is 0.0818. The molecule has 0 aromatic heterocycles. The molecule has 0 N–H and O–H groups in total. The molecule has 5 nitrogen and oxygen atoms in total. The summed E-state index contributed by atoms with van der Waals surface area (Å²) in [5.74, 6) is 0.263. The molecule has 0 aliphatic heterocycles. The summed E-state index contributed by atoms with van der Waals surface area (Å²) in [5, 5.41) is 0. The molecule has 0 atom stereocenters. The van der Waals surface area contributed by atoms with Gasteiger partial charge in [0.15, 0.2) is 0 Å². The number of esters is 1. The molecule has 0 bridgehead atoms.